The van der Waals surface area contributed by atoms with Crippen molar-refractivity contribution in [1.82, 2.24) is 4.90 Å². The normalized spacial score (nSPS) is 17.9. The monoisotopic (exact) mass is 339 g/mol. The molecule has 0 bridgehead atoms. The molecule has 1 aliphatic heterocycles. The first-order chi connectivity index (χ1) is 11.6. The fourth-order valence-corrected chi connectivity index (χ4v) is 3.50. The molecule has 4 heteroatoms. The van der Waals surface area contributed by atoms with Crippen LogP contribution in [0.5, 0.6) is 0 Å². The average molecular weight is 340 g/mol. The highest BCUT2D eigenvalue weighted by atomic mass is 16.4. The highest BCUT2D eigenvalue weighted by molar-refractivity contribution is 5.78. The molecule has 1 unspecified atom stereocenters. The van der Waals surface area contributed by atoms with Gasteiger partial charge in [-0.25, -0.2) is 0 Å². The summed E-state index contributed by atoms with van der Waals surface area (Å²) in [7, 11) is 0. The van der Waals surface area contributed by atoms with Gasteiger partial charge in [-0.1, -0.05) is 71.1 Å². The lowest BCUT2D eigenvalue weighted by Gasteiger charge is -2.30. The summed E-state index contributed by atoms with van der Waals surface area (Å²) in [6.45, 7) is 3.40. The molecule has 1 aliphatic rings. The van der Waals surface area contributed by atoms with Crippen LogP contribution in [0.2, 0.25) is 0 Å². The van der Waals surface area contributed by atoms with Gasteiger partial charge in [-0.3, -0.25) is 9.59 Å². The van der Waals surface area contributed by atoms with Crippen LogP contribution >= 0.6 is 0 Å². The Balaban J connectivity index is 1.95. The van der Waals surface area contributed by atoms with Crippen molar-refractivity contribution in [1.29, 1.82) is 0 Å². The van der Waals surface area contributed by atoms with E-state index < -0.39 is 5.97 Å². The van der Waals surface area contributed by atoms with Gasteiger partial charge in [0, 0.05) is 19.5 Å². The van der Waals surface area contributed by atoms with Crippen LogP contribution in [0.15, 0.2) is 0 Å². The van der Waals surface area contributed by atoms with E-state index in [2.05, 4.69) is 6.92 Å². The third kappa shape index (κ3) is 9.29. The second kappa shape index (κ2) is 13.3. The number of rotatable bonds is 13. The van der Waals surface area contributed by atoms with Gasteiger partial charge in [-0.15, -0.1) is 0 Å². The van der Waals surface area contributed by atoms with Gasteiger partial charge in [0.2, 0.25) is 5.91 Å². The summed E-state index contributed by atoms with van der Waals surface area (Å²) in [4.78, 5) is 25.0. The first-order valence-corrected chi connectivity index (χ1v) is 10.2. The molecule has 1 heterocycles. The molecule has 0 aromatic rings. The van der Waals surface area contributed by atoms with Gasteiger partial charge in [0.15, 0.2) is 0 Å². The first-order valence-electron chi connectivity index (χ1n) is 10.2. The largest absolute Gasteiger partial charge is 0.481 e. The second-order valence-corrected chi connectivity index (χ2v) is 7.30. The van der Waals surface area contributed by atoms with Crippen LogP contribution in [-0.2, 0) is 9.59 Å². The van der Waals surface area contributed by atoms with Gasteiger partial charge >= 0.3 is 5.97 Å². The Labute approximate surface area is 148 Å². The topological polar surface area (TPSA) is 57.6 Å². The highest BCUT2D eigenvalue weighted by Gasteiger charge is 2.27. The Kier molecular flexibility index (Phi) is 11.6. The van der Waals surface area contributed by atoms with Gasteiger partial charge in [-0.2, -0.15) is 0 Å². The van der Waals surface area contributed by atoms with E-state index in [1.165, 1.54) is 57.8 Å². The molecule has 1 saturated heterocycles. The van der Waals surface area contributed by atoms with Crippen molar-refractivity contribution in [2.75, 3.05) is 13.1 Å². The minimum Gasteiger partial charge on any atom is -0.481 e. The van der Waals surface area contributed by atoms with Crippen molar-refractivity contribution in [3.8, 4) is 0 Å². The number of likely N-dealkylation sites (tertiary alicyclic amines) is 1. The van der Waals surface area contributed by atoms with Gasteiger partial charge in [-0.05, 0) is 19.3 Å². The van der Waals surface area contributed by atoms with Crippen LogP contribution in [0.4, 0.5) is 0 Å². The number of unbranched alkanes of at least 4 members (excludes halogenated alkanes) is 10. The maximum absolute atomic E-state index is 12.2. The molecule has 0 aromatic heterocycles. The summed E-state index contributed by atoms with van der Waals surface area (Å²) in [6.07, 6.45) is 16.2. The van der Waals surface area contributed by atoms with Crippen molar-refractivity contribution in [3.63, 3.8) is 0 Å². The summed E-state index contributed by atoms with van der Waals surface area (Å²) < 4.78 is 0. The molecular formula is C20H37NO3. The number of carboxylic acids is 1. The third-order valence-corrected chi connectivity index (χ3v) is 5.12. The quantitative estimate of drug-likeness (QED) is 0.480. The SMILES string of the molecule is CCCCCCCCCCCCCC(=O)N1CCCC(C(=O)O)C1. The molecular weight excluding hydrogens is 302 g/mol. The lowest BCUT2D eigenvalue weighted by atomic mass is 9.98. The molecule has 0 spiro atoms. The molecule has 1 atom stereocenters. The highest BCUT2D eigenvalue weighted by Crippen LogP contribution is 2.18. The van der Waals surface area contributed by atoms with Gasteiger partial charge in [0.1, 0.15) is 0 Å². The molecule has 1 amide bonds. The Morgan fingerprint density at radius 3 is 2.00 bits per heavy atom. The number of nitrogens with zero attached hydrogens (tertiary/aromatic N) is 1. The van der Waals surface area contributed by atoms with E-state index in [0.717, 1.165) is 25.8 Å². The number of hydrogen-bond donors (Lipinski definition) is 1. The standard InChI is InChI=1S/C20H37NO3/c1-2-3-4-5-6-7-8-9-10-11-12-15-19(22)21-16-13-14-18(17-21)20(23)24/h18H,2-17H2,1H3,(H,23,24). The number of hydrogen-bond acceptors (Lipinski definition) is 2. The van der Waals surface area contributed by atoms with E-state index in [9.17, 15) is 9.59 Å². The summed E-state index contributed by atoms with van der Waals surface area (Å²) >= 11 is 0. The summed E-state index contributed by atoms with van der Waals surface area (Å²) in [5, 5.41) is 9.08. The van der Waals surface area contributed by atoms with E-state index in [-0.39, 0.29) is 11.8 Å². The molecule has 0 radical (unpaired) electrons. The maximum Gasteiger partial charge on any atom is 0.308 e. The van der Waals surface area contributed by atoms with Crippen molar-refractivity contribution in [2.24, 2.45) is 5.92 Å². The number of piperidine rings is 1. The zero-order valence-corrected chi connectivity index (χ0v) is 15.6. The predicted molar refractivity (Wildman–Crippen MR) is 98.0 cm³/mol. The minimum atomic E-state index is -0.762. The van der Waals surface area contributed by atoms with E-state index in [1.54, 1.807) is 4.90 Å². The van der Waals surface area contributed by atoms with Crippen molar-refractivity contribution in [3.05, 3.63) is 0 Å². The summed E-state index contributed by atoms with van der Waals surface area (Å²) in [5.41, 5.74) is 0. The van der Waals surface area contributed by atoms with E-state index in [4.69, 9.17) is 5.11 Å². The fraction of sp³-hybridized carbons (Fsp3) is 0.900. The molecule has 4 nitrogen and oxygen atoms in total. The Morgan fingerprint density at radius 1 is 0.917 bits per heavy atom. The summed E-state index contributed by atoms with van der Waals surface area (Å²) in [6, 6.07) is 0. The third-order valence-electron chi connectivity index (χ3n) is 5.12. The van der Waals surface area contributed by atoms with Crippen molar-refractivity contribution >= 4 is 11.9 Å². The maximum atomic E-state index is 12.2. The lowest BCUT2D eigenvalue weighted by molar-refractivity contribution is -0.145. The lowest BCUT2D eigenvalue weighted by Crippen LogP contribution is -2.42. The number of carboxylic acid groups (broad SMARTS) is 1. The molecule has 0 aliphatic carbocycles. The molecule has 1 N–H and O–H groups in total. The number of carbonyl (C=O) groups excluding carboxylic acids is 1. The molecule has 1 rings (SSSR count). The minimum absolute atomic E-state index is 0.150. The van der Waals surface area contributed by atoms with Crippen LogP contribution in [-0.4, -0.2) is 35.0 Å². The van der Waals surface area contributed by atoms with E-state index in [0.29, 0.717) is 19.4 Å². The van der Waals surface area contributed by atoms with Gasteiger partial charge < -0.3 is 10.0 Å². The van der Waals surface area contributed by atoms with Crippen LogP contribution in [0.25, 0.3) is 0 Å². The van der Waals surface area contributed by atoms with Crippen molar-refractivity contribution < 1.29 is 14.7 Å². The van der Waals surface area contributed by atoms with Crippen LogP contribution in [0.1, 0.15) is 96.8 Å². The zero-order valence-electron chi connectivity index (χ0n) is 15.6. The zero-order chi connectivity index (χ0) is 17.6. The Morgan fingerprint density at radius 2 is 1.46 bits per heavy atom. The molecule has 1 fully saturated rings. The van der Waals surface area contributed by atoms with Gasteiger partial charge in [0.05, 0.1) is 5.92 Å². The number of amides is 1. The van der Waals surface area contributed by atoms with E-state index >= 15 is 0 Å². The molecule has 140 valence electrons. The van der Waals surface area contributed by atoms with E-state index in [1.807, 2.05) is 0 Å². The van der Waals surface area contributed by atoms with Crippen molar-refractivity contribution in [2.45, 2.75) is 96.8 Å². The molecule has 24 heavy (non-hydrogen) atoms. The van der Waals surface area contributed by atoms with Gasteiger partial charge in [0.25, 0.3) is 0 Å². The smallest absolute Gasteiger partial charge is 0.308 e. The first kappa shape index (κ1) is 21.0. The predicted octanol–water partition coefficient (Wildman–Crippen LogP) is 5.01. The molecule has 0 saturated carbocycles. The summed E-state index contributed by atoms with van der Waals surface area (Å²) in [5.74, 6) is -0.973. The molecule has 0 aromatic carbocycles. The van der Waals surface area contributed by atoms with Crippen LogP contribution in [0, 0.1) is 5.92 Å². The Bertz CT molecular complexity index is 357. The Hall–Kier alpha value is -1.06. The second-order valence-electron chi connectivity index (χ2n) is 7.30. The van der Waals surface area contributed by atoms with Crippen LogP contribution in [0.3, 0.4) is 0 Å². The fourth-order valence-electron chi connectivity index (χ4n) is 3.50. The average Bonchev–Trinajstić information content (AvgIpc) is 2.59. The number of carbonyl (C=O) groups is 2. The van der Waals surface area contributed by atoms with Crippen LogP contribution < -0.4 is 0 Å². The number of aliphatic carboxylic acids is 1.